The van der Waals surface area contributed by atoms with Crippen LogP contribution in [-0.2, 0) is 17.8 Å². The molecule has 0 aliphatic heterocycles. The topological polar surface area (TPSA) is 78.4 Å². The summed E-state index contributed by atoms with van der Waals surface area (Å²) in [5, 5.41) is 16.4. The third kappa shape index (κ3) is 4.52. The fourth-order valence-corrected chi connectivity index (χ4v) is 2.74. The Labute approximate surface area is 123 Å². The zero-order valence-corrected chi connectivity index (χ0v) is 13.1. The summed E-state index contributed by atoms with van der Waals surface area (Å²) in [6.45, 7) is 7.82. The summed E-state index contributed by atoms with van der Waals surface area (Å²) in [4.78, 5) is 24.1. The summed E-state index contributed by atoms with van der Waals surface area (Å²) in [6, 6.07) is 0.661. The number of thiophene rings is 1. The number of nitrogens with one attached hydrogen (secondary N) is 2. The van der Waals surface area contributed by atoms with Gasteiger partial charge in [0.1, 0.15) is 6.04 Å². The number of amides is 2. The average molecular weight is 298 g/mol. The minimum atomic E-state index is -1.03. The van der Waals surface area contributed by atoms with Crippen LogP contribution in [0.2, 0.25) is 0 Å². The summed E-state index contributed by atoms with van der Waals surface area (Å²) < 4.78 is 0. The maximum atomic E-state index is 11.8. The molecule has 1 atom stereocenters. The lowest BCUT2D eigenvalue weighted by molar-refractivity contribution is -0.141. The molecule has 112 valence electrons. The van der Waals surface area contributed by atoms with Crippen LogP contribution in [0.1, 0.15) is 38.1 Å². The monoisotopic (exact) mass is 298 g/mol. The average Bonchev–Trinajstić information content (AvgIpc) is 2.78. The van der Waals surface area contributed by atoms with Crippen LogP contribution in [0.4, 0.5) is 4.79 Å². The van der Waals surface area contributed by atoms with Crippen LogP contribution < -0.4 is 10.6 Å². The maximum absolute atomic E-state index is 11.8. The molecular formula is C14H22N2O3S. The van der Waals surface area contributed by atoms with Crippen molar-refractivity contribution in [2.75, 3.05) is 0 Å². The number of urea groups is 1. The van der Waals surface area contributed by atoms with Gasteiger partial charge in [0.15, 0.2) is 0 Å². The summed E-state index contributed by atoms with van der Waals surface area (Å²) in [7, 11) is 0. The molecule has 0 bridgehead atoms. The number of rotatable bonds is 5. The summed E-state index contributed by atoms with van der Waals surface area (Å²) >= 11 is 1.59. The molecule has 0 aliphatic carbocycles. The van der Waals surface area contributed by atoms with Gasteiger partial charge < -0.3 is 15.7 Å². The molecule has 1 heterocycles. The van der Waals surface area contributed by atoms with E-state index in [9.17, 15) is 9.59 Å². The van der Waals surface area contributed by atoms with Gasteiger partial charge in [-0.15, -0.1) is 11.3 Å². The number of aliphatic carboxylic acids is 1. The van der Waals surface area contributed by atoms with E-state index in [0.717, 1.165) is 11.3 Å². The lowest BCUT2D eigenvalue weighted by atomic mass is 9.87. The van der Waals surface area contributed by atoms with E-state index in [1.165, 1.54) is 5.56 Å². The molecule has 1 rings (SSSR count). The van der Waals surface area contributed by atoms with E-state index in [1.807, 2.05) is 11.4 Å². The minimum Gasteiger partial charge on any atom is -0.480 e. The van der Waals surface area contributed by atoms with E-state index >= 15 is 0 Å². The number of aryl methyl sites for hydroxylation is 1. The van der Waals surface area contributed by atoms with Gasteiger partial charge in [0, 0.05) is 4.88 Å². The van der Waals surface area contributed by atoms with Crippen molar-refractivity contribution in [1.82, 2.24) is 10.6 Å². The fourth-order valence-electron chi connectivity index (χ4n) is 1.83. The van der Waals surface area contributed by atoms with Crippen molar-refractivity contribution in [3.63, 3.8) is 0 Å². The first-order valence-electron chi connectivity index (χ1n) is 6.58. The van der Waals surface area contributed by atoms with Crippen LogP contribution in [0.15, 0.2) is 11.4 Å². The SMILES string of the molecule is CCc1ccsc1CNC(=O)N[C@@H](C(=O)O)C(C)(C)C. The lowest BCUT2D eigenvalue weighted by Gasteiger charge is -2.27. The van der Waals surface area contributed by atoms with Crippen LogP contribution in [0.3, 0.4) is 0 Å². The fraction of sp³-hybridized carbons (Fsp3) is 0.571. The molecule has 5 nitrogen and oxygen atoms in total. The highest BCUT2D eigenvalue weighted by Gasteiger charge is 2.32. The van der Waals surface area contributed by atoms with Gasteiger partial charge in [0.25, 0.3) is 0 Å². The molecule has 0 radical (unpaired) electrons. The Morgan fingerprint density at radius 2 is 2.05 bits per heavy atom. The Kier molecular flexibility index (Phi) is 5.56. The first kappa shape index (κ1) is 16.5. The quantitative estimate of drug-likeness (QED) is 0.782. The van der Waals surface area contributed by atoms with Crippen molar-refractivity contribution < 1.29 is 14.7 Å². The van der Waals surface area contributed by atoms with Crippen molar-refractivity contribution >= 4 is 23.3 Å². The van der Waals surface area contributed by atoms with Gasteiger partial charge >= 0.3 is 12.0 Å². The molecule has 20 heavy (non-hydrogen) atoms. The van der Waals surface area contributed by atoms with Gasteiger partial charge in [-0.1, -0.05) is 27.7 Å². The van der Waals surface area contributed by atoms with Gasteiger partial charge in [-0.3, -0.25) is 0 Å². The molecule has 0 saturated carbocycles. The highest BCUT2D eigenvalue weighted by atomic mass is 32.1. The number of carboxylic acid groups (broad SMARTS) is 1. The summed E-state index contributed by atoms with van der Waals surface area (Å²) in [5.74, 6) is -1.03. The molecular weight excluding hydrogens is 276 g/mol. The lowest BCUT2D eigenvalue weighted by Crippen LogP contribution is -2.52. The summed E-state index contributed by atoms with van der Waals surface area (Å²) in [6.07, 6.45) is 0.919. The van der Waals surface area contributed by atoms with Crippen LogP contribution in [-0.4, -0.2) is 23.1 Å². The van der Waals surface area contributed by atoms with Crippen LogP contribution >= 0.6 is 11.3 Å². The third-order valence-corrected chi connectivity index (χ3v) is 3.98. The smallest absolute Gasteiger partial charge is 0.326 e. The molecule has 1 aromatic rings. The van der Waals surface area contributed by atoms with Gasteiger partial charge in [-0.05, 0) is 28.8 Å². The third-order valence-electron chi connectivity index (χ3n) is 3.02. The Morgan fingerprint density at radius 1 is 1.40 bits per heavy atom. The number of carbonyl (C=O) groups is 2. The number of hydrogen-bond acceptors (Lipinski definition) is 3. The first-order valence-corrected chi connectivity index (χ1v) is 7.46. The number of hydrogen-bond donors (Lipinski definition) is 3. The Morgan fingerprint density at radius 3 is 2.55 bits per heavy atom. The van der Waals surface area contributed by atoms with Gasteiger partial charge in [0.2, 0.25) is 0 Å². The van der Waals surface area contributed by atoms with Gasteiger partial charge in [0.05, 0.1) is 6.54 Å². The number of carbonyl (C=O) groups excluding carboxylic acids is 1. The highest BCUT2D eigenvalue weighted by molar-refractivity contribution is 7.10. The van der Waals surface area contributed by atoms with Gasteiger partial charge in [-0.2, -0.15) is 0 Å². The standard InChI is InChI=1S/C14H22N2O3S/c1-5-9-6-7-20-10(9)8-15-13(19)16-11(12(17)18)14(2,3)4/h6-7,11H,5,8H2,1-4H3,(H,17,18)(H2,15,16,19)/t11-/m0/s1. The van der Waals surface area contributed by atoms with Crippen molar-refractivity contribution in [2.45, 2.75) is 46.7 Å². The van der Waals surface area contributed by atoms with E-state index in [-0.39, 0.29) is 0 Å². The van der Waals surface area contributed by atoms with Crippen molar-refractivity contribution in [3.05, 3.63) is 21.9 Å². The molecule has 3 N–H and O–H groups in total. The normalized spacial score (nSPS) is 12.8. The molecule has 6 heteroatoms. The van der Waals surface area contributed by atoms with E-state index in [0.29, 0.717) is 6.54 Å². The Balaban J connectivity index is 2.57. The Bertz CT molecular complexity index is 477. The van der Waals surface area contributed by atoms with E-state index in [2.05, 4.69) is 17.6 Å². The van der Waals surface area contributed by atoms with Crippen LogP contribution in [0.5, 0.6) is 0 Å². The largest absolute Gasteiger partial charge is 0.480 e. The molecule has 0 aliphatic rings. The molecule has 0 unspecified atom stereocenters. The number of carboxylic acids is 1. The molecule has 1 aromatic heterocycles. The maximum Gasteiger partial charge on any atom is 0.326 e. The Hall–Kier alpha value is -1.56. The van der Waals surface area contributed by atoms with Crippen molar-refractivity contribution in [1.29, 1.82) is 0 Å². The molecule has 0 aromatic carbocycles. The van der Waals surface area contributed by atoms with Crippen molar-refractivity contribution in [2.24, 2.45) is 5.41 Å². The highest BCUT2D eigenvalue weighted by Crippen LogP contribution is 2.19. The van der Waals surface area contributed by atoms with E-state index in [4.69, 9.17) is 5.11 Å². The predicted octanol–water partition coefficient (Wildman–Crippen LogP) is 2.61. The van der Waals surface area contributed by atoms with Crippen LogP contribution in [0, 0.1) is 5.41 Å². The second kappa shape index (κ2) is 6.74. The van der Waals surface area contributed by atoms with Gasteiger partial charge in [-0.25, -0.2) is 9.59 Å². The first-order chi connectivity index (χ1) is 9.25. The van der Waals surface area contributed by atoms with E-state index in [1.54, 1.807) is 32.1 Å². The molecule has 2 amide bonds. The van der Waals surface area contributed by atoms with Crippen LogP contribution in [0.25, 0.3) is 0 Å². The predicted molar refractivity (Wildman–Crippen MR) is 79.9 cm³/mol. The van der Waals surface area contributed by atoms with E-state index < -0.39 is 23.5 Å². The molecule has 0 fully saturated rings. The molecule has 0 spiro atoms. The van der Waals surface area contributed by atoms with Crippen molar-refractivity contribution in [3.8, 4) is 0 Å². The zero-order valence-electron chi connectivity index (χ0n) is 12.3. The molecule has 0 saturated heterocycles. The zero-order chi connectivity index (χ0) is 15.3. The minimum absolute atomic E-state index is 0.420. The second-order valence-electron chi connectivity index (χ2n) is 5.69. The second-order valence-corrected chi connectivity index (χ2v) is 6.69. The summed E-state index contributed by atoms with van der Waals surface area (Å²) in [5.41, 5.74) is 0.668.